The van der Waals surface area contributed by atoms with Gasteiger partial charge in [0.15, 0.2) is 0 Å². The molecular formula is C30H48O3. The molecule has 0 heterocycles. The summed E-state index contributed by atoms with van der Waals surface area (Å²) < 4.78 is 0. The first-order valence-electron chi connectivity index (χ1n) is 13.8. The average molecular weight is 457 g/mol. The Morgan fingerprint density at radius 2 is 1.48 bits per heavy atom. The highest BCUT2D eigenvalue weighted by Gasteiger charge is 2.75. The third-order valence-corrected chi connectivity index (χ3v) is 13.4. The third-order valence-electron chi connectivity index (χ3n) is 13.4. The molecule has 0 radical (unpaired) electrons. The van der Waals surface area contributed by atoms with Crippen LogP contribution in [0.2, 0.25) is 0 Å². The topological polar surface area (TPSA) is 54.4 Å². The number of carbonyl (C=O) groups is 2. The molecule has 3 nitrogen and oxygen atoms in total. The van der Waals surface area contributed by atoms with Gasteiger partial charge in [-0.15, -0.1) is 0 Å². The van der Waals surface area contributed by atoms with Gasteiger partial charge in [0.05, 0.1) is 6.10 Å². The summed E-state index contributed by atoms with van der Waals surface area (Å²) in [6.45, 7) is 18.7. The number of rotatable bonds is 0. The van der Waals surface area contributed by atoms with Gasteiger partial charge in [0.1, 0.15) is 11.6 Å². The van der Waals surface area contributed by atoms with E-state index >= 15 is 0 Å². The van der Waals surface area contributed by atoms with Crippen molar-refractivity contribution in [3.05, 3.63) is 0 Å². The number of fused-ring (bicyclic) bond motifs is 7. The van der Waals surface area contributed by atoms with E-state index in [1.807, 2.05) is 0 Å². The lowest BCUT2D eigenvalue weighted by atomic mass is 9.29. The first-order valence-corrected chi connectivity index (χ1v) is 13.8. The van der Waals surface area contributed by atoms with Gasteiger partial charge in [-0.05, 0) is 83.9 Å². The van der Waals surface area contributed by atoms with E-state index in [1.165, 1.54) is 12.8 Å². The van der Waals surface area contributed by atoms with Gasteiger partial charge in [0, 0.05) is 30.1 Å². The second-order valence-electron chi connectivity index (χ2n) is 15.3. The Morgan fingerprint density at radius 1 is 0.818 bits per heavy atom. The van der Waals surface area contributed by atoms with Crippen LogP contribution in [-0.2, 0) is 9.59 Å². The fourth-order valence-corrected chi connectivity index (χ4v) is 11.1. The van der Waals surface area contributed by atoms with Crippen LogP contribution in [0, 0.1) is 56.2 Å². The summed E-state index contributed by atoms with van der Waals surface area (Å²) in [6, 6.07) is 0. The molecule has 5 aliphatic carbocycles. The number of aliphatic hydroxyl groups is 1. The second kappa shape index (κ2) is 6.74. The van der Waals surface area contributed by atoms with Crippen molar-refractivity contribution in [2.45, 2.75) is 119 Å². The van der Waals surface area contributed by atoms with E-state index in [0.717, 1.165) is 25.7 Å². The van der Waals surface area contributed by atoms with Crippen LogP contribution in [0.1, 0.15) is 113 Å². The second-order valence-corrected chi connectivity index (χ2v) is 15.3. The fraction of sp³-hybridized carbons (Fsp3) is 0.933. The number of carbonyl (C=O) groups excluding carboxylic acids is 2. The fourth-order valence-electron chi connectivity index (χ4n) is 11.1. The highest BCUT2D eigenvalue weighted by Crippen LogP contribution is 2.77. The van der Waals surface area contributed by atoms with Crippen LogP contribution in [0.5, 0.6) is 0 Å². The van der Waals surface area contributed by atoms with Crippen molar-refractivity contribution in [1.82, 2.24) is 0 Å². The molecule has 186 valence electrons. The molecule has 0 saturated heterocycles. The number of hydrogen-bond donors (Lipinski definition) is 1. The lowest BCUT2D eigenvalue weighted by Crippen LogP contribution is -2.73. The Labute approximate surface area is 201 Å². The molecule has 0 aliphatic heterocycles. The van der Waals surface area contributed by atoms with Crippen LogP contribution in [0.3, 0.4) is 0 Å². The maximum Gasteiger partial charge on any atom is 0.140 e. The largest absolute Gasteiger partial charge is 0.393 e. The molecule has 33 heavy (non-hydrogen) atoms. The summed E-state index contributed by atoms with van der Waals surface area (Å²) >= 11 is 0. The summed E-state index contributed by atoms with van der Waals surface area (Å²) in [7, 11) is 0. The Kier molecular flexibility index (Phi) is 4.90. The van der Waals surface area contributed by atoms with Gasteiger partial charge in [-0.3, -0.25) is 9.59 Å². The Hall–Kier alpha value is -0.700. The van der Waals surface area contributed by atoms with E-state index in [2.05, 4.69) is 55.4 Å². The van der Waals surface area contributed by atoms with Gasteiger partial charge in [0.25, 0.3) is 0 Å². The molecule has 0 amide bonds. The van der Waals surface area contributed by atoms with Crippen LogP contribution in [0.4, 0.5) is 0 Å². The molecule has 10 unspecified atom stereocenters. The van der Waals surface area contributed by atoms with E-state index in [0.29, 0.717) is 48.1 Å². The lowest BCUT2D eigenvalue weighted by Gasteiger charge is -2.74. The van der Waals surface area contributed by atoms with Crippen molar-refractivity contribution in [2.75, 3.05) is 0 Å². The Balaban J connectivity index is 1.63. The molecule has 5 rings (SSSR count). The SMILES string of the molecule is CC1C(=O)CCC2C1(C)CC(O)C1C2(C)CCC2(C)C3CC(C)(C)CCC3(C)CC(=O)C12C. The molecular weight excluding hydrogens is 408 g/mol. The summed E-state index contributed by atoms with van der Waals surface area (Å²) in [5.74, 6) is 1.69. The first-order chi connectivity index (χ1) is 15.1. The monoisotopic (exact) mass is 456 g/mol. The van der Waals surface area contributed by atoms with Crippen molar-refractivity contribution in [3.8, 4) is 0 Å². The van der Waals surface area contributed by atoms with Crippen molar-refractivity contribution >= 4 is 11.6 Å². The van der Waals surface area contributed by atoms with Gasteiger partial charge in [-0.2, -0.15) is 0 Å². The maximum absolute atomic E-state index is 14.3. The Bertz CT molecular complexity index is 891. The number of hydrogen-bond acceptors (Lipinski definition) is 3. The van der Waals surface area contributed by atoms with E-state index < -0.39 is 11.5 Å². The predicted octanol–water partition coefficient (Wildman–Crippen LogP) is 6.61. The quantitative estimate of drug-likeness (QED) is 0.446. The minimum Gasteiger partial charge on any atom is -0.393 e. The van der Waals surface area contributed by atoms with Crippen molar-refractivity contribution < 1.29 is 14.7 Å². The van der Waals surface area contributed by atoms with Crippen LogP contribution in [0.15, 0.2) is 0 Å². The van der Waals surface area contributed by atoms with Gasteiger partial charge >= 0.3 is 0 Å². The molecule has 0 aromatic heterocycles. The molecule has 1 N–H and O–H groups in total. The molecule has 0 aromatic rings. The zero-order valence-corrected chi connectivity index (χ0v) is 22.5. The average Bonchev–Trinajstić information content (AvgIpc) is 2.70. The lowest BCUT2D eigenvalue weighted by molar-refractivity contribution is -0.267. The molecule has 5 saturated carbocycles. The van der Waals surface area contributed by atoms with Gasteiger partial charge in [0.2, 0.25) is 0 Å². The number of ketones is 2. The number of aliphatic hydroxyl groups excluding tert-OH is 1. The first kappa shape index (κ1) is 24.0. The summed E-state index contributed by atoms with van der Waals surface area (Å²) in [5, 5.41) is 11.9. The van der Waals surface area contributed by atoms with E-state index in [9.17, 15) is 14.7 Å². The van der Waals surface area contributed by atoms with Crippen LogP contribution in [0.25, 0.3) is 0 Å². The van der Waals surface area contributed by atoms with Crippen molar-refractivity contribution in [1.29, 1.82) is 0 Å². The minimum atomic E-state index is -0.515. The van der Waals surface area contributed by atoms with E-state index in [-0.39, 0.29) is 33.5 Å². The highest BCUT2D eigenvalue weighted by molar-refractivity contribution is 5.88. The van der Waals surface area contributed by atoms with Crippen LogP contribution in [-0.4, -0.2) is 22.8 Å². The van der Waals surface area contributed by atoms with E-state index in [1.54, 1.807) is 0 Å². The standard InChI is InChI=1S/C30H48O3/c1-18-19(31)9-10-21-27(5)13-14-29(7)22-16-25(2,3)11-12-26(22,4)17-23(33)30(29,8)24(27)20(32)15-28(18,21)6/h18,20-22,24,32H,9-17H2,1-8H3. The highest BCUT2D eigenvalue weighted by atomic mass is 16.3. The predicted molar refractivity (Wildman–Crippen MR) is 132 cm³/mol. The number of Topliss-reactive ketones (excluding diaryl/α,β-unsaturated/α-hetero) is 2. The molecule has 3 heteroatoms. The van der Waals surface area contributed by atoms with Gasteiger partial charge in [-0.25, -0.2) is 0 Å². The Morgan fingerprint density at radius 3 is 2.15 bits per heavy atom. The van der Waals surface area contributed by atoms with E-state index in [4.69, 9.17) is 0 Å². The zero-order chi connectivity index (χ0) is 24.4. The minimum absolute atomic E-state index is 0.00529. The zero-order valence-electron chi connectivity index (χ0n) is 22.5. The normalized spacial score (nSPS) is 58.0. The third kappa shape index (κ3) is 2.78. The van der Waals surface area contributed by atoms with Crippen molar-refractivity contribution in [2.24, 2.45) is 56.2 Å². The molecule has 10 atom stereocenters. The maximum atomic E-state index is 14.3. The molecule has 5 aliphatic rings. The molecule has 0 aromatic carbocycles. The van der Waals surface area contributed by atoms with Crippen LogP contribution < -0.4 is 0 Å². The molecule has 0 bridgehead atoms. The van der Waals surface area contributed by atoms with Gasteiger partial charge in [-0.1, -0.05) is 55.4 Å². The molecule has 5 fully saturated rings. The molecule has 0 spiro atoms. The summed E-state index contributed by atoms with van der Waals surface area (Å²) in [4.78, 5) is 27.0. The van der Waals surface area contributed by atoms with Crippen LogP contribution >= 0.6 is 0 Å². The van der Waals surface area contributed by atoms with Crippen molar-refractivity contribution in [3.63, 3.8) is 0 Å². The summed E-state index contributed by atoms with van der Waals surface area (Å²) in [5.41, 5.74) is -0.425. The smallest absolute Gasteiger partial charge is 0.140 e. The van der Waals surface area contributed by atoms with Gasteiger partial charge < -0.3 is 5.11 Å². The summed E-state index contributed by atoms with van der Waals surface area (Å²) in [6.07, 6.45) is 8.10.